The number of aryl methyl sites for hydroxylation is 1. The van der Waals surface area contributed by atoms with Gasteiger partial charge in [-0.15, -0.1) is 21.5 Å². The summed E-state index contributed by atoms with van der Waals surface area (Å²) >= 11 is 2.91. The number of thiophene rings is 1. The third-order valence-corrected chi connectivity index (χ3v) is 5.72. The molecule has 0 aliphatic rings. The van der Waals surface area contributed by atoms with Gasteiger partial charge in [0.1, 0.15) is 10.8 Å². The van der Waals surface area contributed by atoms with E-state index >= 15 is 0 Å². The first kappa shape index (κ1) is 18.5. The Bertz CT molecular complexity index is 898. The van der Waals surface area contributed by atoms with Crippen molar-refractivity contribution in [2.24, 2.45) is 5.92 Å². The van der Waals surface area contributed by atoms with Crippen LogP contribution in [-0.4, -0.2) is 23.2 Å². The number of hydrogen-bond donors (Lipinski definition) is 1. The van der Waals surface area contributed by atoms with Crippen molar-refractivity contribution in [3.63, 3.8) is 0 Å². The molecule has 0 bridgehead atoms. The Morgan fingerprint density at radius 1 is 1.19 bits per heavy atom. The summed E-state index contributed by atoms with van der Waals surface area (Å²) in [6.45, 7) is 6.29. The smallest absolute Gasteiger partial charge is 0.267 e. The van der Waals surface area contributed by atoms with Crippen molar-refractivity contribution in [3.05, 3.63) is 45.1 Å². The third kappa shape index (κ3) is 4.28. The molecule has 136 valence electrons. The van der Waals surface area contributed by atoms with Gasteiger partial charge in [-0.25, -0.2) is 0 Å². The molecular weight excluding hydrogens is 366 g/mol. The lowest BCUT2D eigenvalue weighted by molar-refractivity contribution is 0.103. The maximum Gasteiger partial charge on any atom is 0.267 e. The fraction of sp³-hybridized carbons (Fsp3) is 0.316. The van der Waals surface area contributed by atoms with Crippen molar-refractivity contribution in [1.29, 1.82) is 0 Å². The fourth-order valence-corrected chi connectivity index (χ4v) is 4.43. The second-order valence-electron chi connectivity index (χ2n) is 6.36. The molecule has 0 fully saturated rings. The number of nitrogens with one attached hydrogen (secondary N) is 1. The first-order chi connectivity index (χ1) is 12.5. The van der Waals surface area contributed by atoms with E-state index in [0.717, 1.165) is 33.2 Å². The molecule has 26 heavy (non-hydrogen) atoms. The molecule has 0 aliphatic heterocycles. The number of nitrogens with zero attached hydrogens (tertiary/aromatic N) is 2. The van der Waals surface area contributed by atoms with E-state index in [9.17, 15) is 4.79 Å². The number of rotatable bonds is 6. The number of amides is 1. The van der Waals surface area contributed by atoms with E-state index in [1.807, 2.05) is 37.3 Å². The highest BCUT2D eigenvalue weighted by molar-refractivity contribution is 7.16. The molecule has 1 N–H and O–H groups in total. The van der Waals surface area contributed by atoms with Gasteiger partial charge in [0.05, 0.1) is 12.0 Å². The summed E-state index contributed by atoms with van der Waals surface area (Å²) < 4.78 is 5.20. The van der Waals surface area contributed by atoms with E-state index in [2.05, 4.69) is 29.4 Å². The van der Waals surface area contributed by atoms with Crippen molar-refractivity contribution >= 4 is 33.7 Å². The van der Waals surface area contributed by atoms with Crippen LogP contribution < -0.4 is 10.1 Å². The zero-order valence-electron chi connectivity index (χ0n) is 15.2. The van der Waals surface area contributed by atoms with Crippen molar-refractivity contribution in [3.8, 4) is 16.9 Å². The highest BCUT2D eigenvalue weighted by atomic mass is 32.1. The van der Waals surface area contributed by atoms with Gasteiger partial charge < -0.3 is 4.74 Å². The predicted molar refractivity (Wildman–Crippen MR) is 107 cm³/mol. The van der Waals surface area contributed by atoms with Crippen LogP contribution in [-0.2, 0) is 6.42 Å². The summed E-state index contributed by atoms with van der Waals surface area (Å²) in [4.78, 5) is 14.3. The largest absolute Gasteiger partial charge is 0.497 e. The molecule has 5 nitrogen and oxygen atoms in total. The average Bonchev–Trinajstić information content (AvgIpc) is 3.21. The van der Waals surface area contributed by atoms with Crippen LogP contribution >= 0.6 is 22.7 Å². The Kier molecular flexibility index (Phi) is 5.68. The Morgan fingerprint density at radius 3 is 2.58 bits per heavy atom. The molecule has 2 aromatic heterocycles. The summed E-state index contributed by atoms with van der Waals surface area (Å²) in [7, 11) is 1.65. The first-order valence-corrected chi connectivity index (χ1v) is 9.98. The molecule has 0 aliphatic carbocycles. The van der Waals surface area contributed by atoms with Crippen molar-refractivity contribution in [2.75, 3.05) is 12.4 Å². The number of ether oxygens (including phenoxy) is 1. The molecule has 0 saturated carbocycles. The van der Waals surface area contributed by atoms with Crippen LogP contribution in [0.25, 0.3) is 11.1 Å². The van der Waals surface area contributed by atoms with Gasteiger partial charge in [0.15, 0.2) is 0 Å². The highest BCUT2D eigenvalue weighted by Gasteiger charge is 2.16. The summed E-state index contributed by atoms with van der Waals surface area (Å²) in [6, 6.07) is 9.76. The normalized spacial score (nSPS) is 11.0. The molecule has 2 heterocycles. The standard InChI is InChI=1S/C19H21N3O2S2/c1-11(2)9-17-21-22-19(26-17)20-18(23)16-10-15(12(3)25-16)13-5-7-14(24-4)8-6-13/h5-8,10-11H,9H2,1-4H3,(H,20,22,23). The Morgan fingerprint density at radius 2 is 1.92 bits per heavy atom. The summed E-state index contributed by atoms with van der Waals surface area (Å²) in [5, 5.41) is 12.5. The van der Waals surface area contributed by atoms with E-state index in [0.29, 0.717) is 15.9 Å². The van der Waals surface area contributed by atoms with Crippen molar-refractivity contribution < 1.29 is 9.53 Å². The molecule has 0 saturated heterocycles. The minimum atomic E-state index is -0.148. The number of aromatic nitrogens is 2. The maximum atomic E-state index is 12.6. The molecule has 0 unspecified atom stereocenters. The van der Waals surface area contributed by atoms with Gasteiger partial charge in [0.25, 0.3) is 5.91 Å². The molecule has 0 atom stereocenters. The molecule has 7 heteroatoms. The van der Waals surface area contributed by atoms with E-state index in [4.69, 9.17) is 4.74 Å². The summed E-state index contributed by atoms with van der Waals surface area (Å²) in [6.07, 6.45) is 0.868. The number of benzene rings is 1. The lowest BCUT2D eigenvalue weighted by Crippen LogP contribution is -2.09. The lowest BCUT2D eigenvalue weighted by atomic mass is 10.1. The van der Waals surface area contributed by atoms with Gasteiger partial charge in [-0.2, -0.15) is 0 Å². The van der Waals surface area contributed by atoms with Gasteiger partial charge in [-0.3, -0.25) is 10.1 Å². The zero-order chi connectivity index (χ0) is 18.7. The lowest BCUT2D eigenvalue weighted by Gasteiger charge is -2.02. The molecule has 3 aromatic rings. The summed E-state index contributed by atoms with van der Waals surface area (Å²) in [5.74, 6) is 1.18. The molecule has 1 amide bonds. The van der Waals surface area contributed by atoms with Crippen LogP contribution in [0.1, 0.15) is 33.4 Å². The Balaban J connectivity index is 1.75. The van der Waals surface area contributed by atoms with Crippen molar-refractivity contribution in [2.45, 2.75) is 27.2 Å². The number of carbonyl (C=O) groups is 1. The van der Waals surface area contributed by atoms with Crippen LogP contribution in [0.2, 0.25) is 0 Å². The minimum Gasteiger partial charge on any atom is -0.497 e. The van der Waals surface area contributed by atoms with Crippen LogP contribution in [0.5, 0.6) is 5.75 Å². The van der Waals surface area contributed by atoms with Crippen LogP contribution in [0.3, 0.4) is 0 Å². The maximum absolute atomic E-state index is 12.6. The molecular formula is C19H21N3O2S2. The Labute approximate surface area is 161 Å². The second kappa shape index (κ2) is 7.97. The van der Waals surface area contributed by atoms with Gasteiger partial charge in [-0.1, -0.05) is 37.3 Å². The first-order valence-electron chi connectivity index (χ1n) is 8.35. The molecule has 0 spiro atoms. The highest BCUT2D eigenvalue weighted by Crippen LogP contribution is 2.32. The average molecular weight is 388 g/mol. The van der Waals surface area contributed by atoms with Crippen LogP contribution in [0, 0.1) is 12.8 Å². The zero-order valence-corrected chi connectivity index (χ0v) is 16.8. The van der Waals surface area contributed by atoms with Crippen LogP contribution in [0.15, 0.2) is 30.3 Å². The molecule has 1 aromatic carbocycles. The SMILES string of the molecule is COc1ccc(-c2cc(C(=O)Nc3nnc(CC(C)C)s3)sc2C)cc1. The monoisotopic (exact) mass is 387 g/mol. The van der Waals surface area contributed by atoms with Gasteiger partial charge in [-0.05, 0) is 42.2 Å². The van der Waals surface area contributed by atoms with E-state index in [1.54, 1.807) is 7.11 Å². The third-order valence-electron chi connectivity index (χ3n) is 3.81. The van der Waals surface area contributed by atoms with Gasteiger partial charge in [0, 0.05) is 11.3 Å². The quantitative estimate of drug-likeness (QED) is 0.644. The number of carbonyl (C=O) groups excluding carboxylic acids is 1. The van der Waals surface area contributed by atoms with E-state index in [-0.39, 0.29) is 5.91 Å². The number of anilines is 1. The van der Waals surface area contributed by atoms with Crippen LogP contribution in [0.4, 0.5) is 5.13 Å². The van der Waals surface area contributed by atoms with E-state index < -0.39 is 0 Å². The molecule has 0 radical (unpaired) electrons. The minimum absolute atomic E-state index is 0.148. The fourth-order valence-electron chi connectivity index (χ4n) is 2.55. The number of hydrogen-bond acceptors (Lipinski definition) is 6. The van der Waals surface area contributed by atoms with Crippen molar-refractivity contribution in [1.82, 2.24) is 10.2 Å². The van der Waals surface area contributed by atoms with Gasteiger partial charge in [0.2, 0.25) is 5.13 Å². The van der Waals surface area contributed by atoms with E-state index in [1.165, 1.54) is 22.7 Å². The second-order valence-corrected chi connectivity index (χ2v) is 8.68. The number of methoxy groups -OCH3 is 1. The molecule has 3 rings (SSSR count). The van der Waals surface area contributed by atoms with Gasteiger partial charge >= 0.3 is 0 Å². The summed E-state index contributed by atoms with van der Waals surface area (Å²) in [5.41, 5.74) is 2.12. The predicted octanol–water partition coefficient (Wildman–Crippen LogP) is 5.03. The Hall–Kier alpha value is -2.25. The topological polar surface area (TPSA) is 64.1 Å².